The molecule has 0 bridgehead atoms. The summed E-state index contributed by atoms with van der Waals surface area (Å²) in [5.41, 5.74) is 1.47. The average molecular weight is 249 g/mol. The number of aryl methyl sites for hydroxylation is 1. The lowest BCUT2D eigenvalue weighted by Gasteiger charge is -2.10. The zero-order valence-corrected chi connectivity index (χ0v) is 10.1. The van der Waals surface area contributed by atoms with Crippen LogP contribution in [0.15, 0.2) is 24.3 Å². The monoisotopic (exact) mass is 249 g/mol. The number of imide groups is 1. The third-order valence-electron chi connectivity index (χ3n) is 2.43. The standard InChI is InChI=1S/C12H11NO3S/c1-8-3-2-4-9(7-8)12(16)17-13-10(14)5-6-11(13)15/h2-4,7H,5-6H2,1H3. The minimum absolute atomic E-state index is 0.201. The maximum atomic E-state index is 11.9. The second-order valence-corrected chi connectivity index (χ2v) is 4.75. The highest BCUT2D eigenvalue weighted by Gasteiger charge is 2.31. The van der Waals surface area contributed by atoms with E-state index in [1.807, 2.05) is 13.0 Å². The lowest BCUT2D eigenvalue weighted by molar-refractivity contribution is -0.131. The fourth-order valence-corrected chi connectivity index (χ4v) is 2.35. The Balaban J connectivity index is 2.12. The molecule has 1 heterocycles. The molecule has 1 fully saturated rings. The van der Waals surface area contributed by atoms with Gasteiger partial charge in [0.2, 0.25) is 16.9 Å². The molecule has 0 aromatic heterocycles. The van der Waals surface area contributed by atoms with Gasteiger partial charge in [0.05, 0.1) is 0 Å². The first-order valence-corrected chi connectivity index (χ1v) is 6.00. The second kappa shape index (κ2) is 4.71. The van der Waals surface area contributed by atoms with Gasteiger partial charge in [0.15, 0.2) is 0 Å². The Hall–Kier alpha value is -1.62. The summed E-state index contributed by atoms with van der Waals surface area (Å²) < 4.78 is 0.963. The Kier molecular flexibility index (Phi) is 3.28. The molecule has 0 radical (unpaired) electrons. The summed E-state index contributed by atoms with van der Waals surface area (Å²) in [4.78, 5) is 34.6. The number of carbonyl (C=O) groups is 3. The quantitative estimate of drug-likeness (QED) is 0.593. The Morgan fingerprint density at radius 3 is 2.47 bits per heavy atom. The van der Waals surface area contributed by atoms with Gasteiger partial charge in [-0.05, 0) is 13.0 Å². The molecule has 17 heavy (non-hydrogen) atoms. The Morgan fingerprint density at radius 1 is 1.24 bits per heavy atom. The topological polar surface area (TPSA) is 54.5 Å². The van der Waals surface area contributed by atoms with Gasteiger partial charge in [-0.15, -0.1) is 0 Å². The normalized spacial score (nSPS) is 15.5. The van der Waals surface area contributed by atoms with Gasteiger partial charge in [-0.2, -0.15) is 0 Å². The van der Waals surface area contributed by atoms with Crippen LogP contribution in [-0.4, -0.2) is 21.2 Å². The molecule has 0 spiro atoms. The molecule has 2 amide bonds. The maximum Gasteiger partial charge on any atom is 0.240 e. The zero-order chi connectivity index (χ0) is 12.4. The van der Waals surface area contributed by atoms with Crippen molar-refractivity contribution in [1.82, 2.24) is 4.31 Å². The molecule has 1 aliphatic rings. The Morgan fingerprint density at radius 2 is 1.88 bits per heavy atom. The van der Waals surface area contributed by atoms with Crippen molar-refractivity contribution in [2.24, 2.45) is 0 Å². The van der Waals surface area contributed by atoms with Gasteiger partial charge in [-0.3, -0.25) is 14.4 Å². The van der Waals surface area contributed by atoms with Gasteiger partial charge in [-0.1, -0.05) is 23.8 Å². The van der Waals surface area contributed by atoms with Crippen LogP contribution in [0, 0.1) is 6.92 Å². The lowest BCUT2D eigenvalue weighted by atomic mass is 10.2. The predicted molar refractivity (Wildman–Crippen MR) is 64.2 cm³/mol. The number of benzene rings is 1. The summed E-state index contributed by atoms with van der Waals surface area (Å²) in [5.74, 6) is -0.581. The highest BCUT2D eigenvalue weighted by molar-refractivity contribution is 8.13. The fourth-order valence-electron chi connectivity index (χ4n) is 1.57. The van der Waals surface area contributed by atoms with E-state index in [9.17, 15) is 14.4 Å². The Bertz CT molecular complexity index is 482. The van der Waals surface area contributed by atoms with Crippen molar-refractivity contribution in [3.05, 3.63) is 35.4 Å². The zero-order valence-electron chi connectivity index (χ0n) is 9.30. The van der Waals surface area contributed by atoms with E-state index in [-0.39, 0.29) is 29.8 Å². The van der Waals surface area contributed by atoms with Gasteiger partial charge in [0.25, 0.3) is 0 Å². The molecule has 0 saturated carbocycles. The van der Waals surface area contributed by atoms with E-state index in [2.05, 4.69) is 0 Å². The summed E-state index contributed by atoms with van der Waals surface area (Å²) in [6, 6.07) is 7.07. The maximum absolute atomic E-state index is 11.9. The van der Waals surface area contributed by atoms with Crippen LogP contribution < -0.4 is 0 Å². The molecule has 1 saturated heterocycles. The van der Waals surface area contributed by atoms with Gasteiger partial charge in [0, 0.05) is 30.4 Å². The van der Waals surface area contributed by atoms with Gasteiger partial charge in [0.1, 0.15) is 0 Å². The van der Waals surface area contributed by atoms with E-state index in [1.165, 1.54) is 0 Å². The molecule has 1 aromatic carbocycles. The number of rotatable bonds is 2. The molecule has 88 valence electrons. The minimum Gasteiger partial charge on any atom is -0.280 e. The predicted octanol–water partition coefficient (Wildman–Crippen LogP) is 1.93. The van der Waals surface area contributed by atoms with Crippen molar-refractivity contribution in [3.8, 4) is 0 Å². The molecule has 0 N–H and O–H groups in total. The van der Waals surface area contributed by atoms with E-state index in [4.69, 9.17) is 0 Å². The fraction of sp³-hybridized carbons (Fsp3) is 0.250. The van der Waals surface area contributed by atoms with Crippen LogP contribution in [0.2, 0.25) is 0 Å². The SMILES string of the molecule is Cc1cccc(C(=O)SN2C(=O)CCC2=O)c1. The minimum atomic E-state index is -0.291. The van der Waals surface area contributed by atoms with Crippen LogP contribution in [0.1, 0.15) is 28.8 Å². The molecule has 0 unspecified atom stereocenters. The molecule has 2 rings (SSSR count). The van der Waals surface area contributed by atoms with E-state index in [1.54, 1.807) is 18.2 Å². The van der Waals surface area contributed by atoms with Crippen LogP contribution in [0.25, 0.3) is 0 Å². The smallest absolute Gasteiger partial charge is 0.240 e. The van der Waals surface area contributed by atoms with E-state index >= 15 is 0 Å². The summed E-state index contributed by atoms with van der Waals surface area (Å²) in [6.07, 6.45) is 0.403. The number of nitrogens with zero attached hydrogens (tertiary/aromatic N) is 1. The Labute approximate surface area is 103 Å². The van der Waals surface area contributed by atoms with Gasteiger partial charge in [-0.25, -0.2) is 4.31 Å². The molecule has 0 aliphatic carbocycles. The van der Waals surface area contributed by atoms with Crippen molar-refractivity contribution in [3.63, 3.8) is 0 Å². The number of amides is 2. The molecule has 0 atom stereocenters. The van der Waals surface area contributed by atoms with Crippen LogP contribution in [0.4, 0.5) is 0 Å². The van der Waals surface area contributed by atoms with E-state index < -0.39 is 0 Å². The largest absolute Gasteiger partial charge is 0.280 e. The highest BCUT2D eigenvalue weighted by Crippen LogP contribution is 2.24. The summed E-state index contributed by atoms with van der Waals surface area (Å²) in [5, 5.41) is -0.280. The third kappa shape index (κ3) is 2.55. The van der Waals surface area contributed by atoms with Crippen LogP contribution in [0.3, 0.4) is 0 Å². The van der Waals surface area contributed by atoms with Crippen LogP contribution in [-0.2, 0) is 9.59 Å². The first-order chi connectivity index (χ1) is 8.08. The number of hydrogen-bond acceptors (Lipinski definition) is 4. The van der Waals surface area contributed by atoms with Crippen molar-refractivity contribution >= 4 is 28.9 Å². The van der Waals surface area contributed by atoms with Crippen molar-refractivity contribution in [2.75, 3.05) is 0 Å². The first kappa shape index (κ1) is 11.9. The molecule has 1 aromatic rings. The first-order valence-electron chi connectivity index (χ1n) is 5.22. The highest BCUT2D eigenvalue weighted by atomic mass is 32.2. The second-order valence-electron chi connectivity index (χ2n) is 3.83. The number of carbonyl (C=O) groups excluding carboxylic acids is 3. The van der Waals surface area contributed by atoms with Crippen LogP contribution >= 0.6 is 11.9 Å². The molecule has 1 aliphatic heterocycles. The van der Waals surface area contributed by atoms with Crippen LogP contribution in [0.5, 0.6) is 0 Å². The molecular formula is C12H11NO3S. The van der Waals surface area contributed by atoms with Gasteiger partial charge < -0.3 is 0 Å². The van der Waals surface area contributed by atoms with Gasteiger partial charge >= 0.3 is 0 Å². The summed E-state index contributed by atoms with van der Waals surface area (Å²) in [7, 11) is 0. The molecule has 5 heteroatoms. The van der Waals surface area contributed by atoms with E-state index in [0.29, 0.717) is 17.5 Å². The van der Waals surface area contributed by atoms with Crippen molar-refractivity contribution in [1.29, 1.82) is 0 Å². The molecular weight excluding hydrogens is 238 g/mol. The molecule has 4 nitrogen and oxygen atoms in total. The average Bonchev–Trinajstić information content (AvgIpc) is 2.61. The van der Waals surface area contributed by atoms with E-state index in [0.717, 1.165) is 9.87 Å². The number of hydrogen-bond donors (Lipinski definition) is 0. The summed E-state index contributed by atoms with van der Waals surface area (Å²) in [6.45, 7) is 1.88. The van der Waals surface area contributed by atoms with Crippen molar-refractivity contribution in [2.45, 2.75) is 19.8 Å². The third-order valence-corrected chi connectivity index (χ3v) is 3.43. The lowest BCUT2D eigenvalue weighted by Crippen LogP contribution is -2.23. The summed E-state index contributed by atoms with van der Waals surface area (Å²) >= 11 is 0.681. The van der Waals surface area contributed by atoms with Crippen molar-refractivity contribution < 1.29 is 14.4 Å².